The van der Waals surface area contributed by atoms with Gasteiger partial charge in [-0.2, -0.15) is 0 Å². The van der Waals surface area contributed by atoms with Crippen molar-refractivity contribution in [1.29, 1.82) is 0 Å². The molecule has 16 heavy (non-hydrogen) atoms. The van der Waals surface area contributed by atoms with Gasteiger partial charge in [0.1, 0.15) is 0 Å². The van der Waals surface area contributed by atoms with Crippen molar-refractivity contribution in [2.75, 3.05) is 13.2 Å². The average Bonchev–Trinajstić information content (AvgIpc) is 2.17. The van der Waals surface area contributed by atoms with Gasteiger partial charge in [0.25, 0.3) is 0 Å². The van der Waals surface area contributed by atoms with Crippen molar-refractivity contribution < 1.29 is 18.5 Å². The van der Waals surface area contributed by atoms with Gasteiger partial charge in [0.2, 0.25) is 0 Å². The van der Waals surface area contributed by atoms with E-state index < -0.39 is 8.17 Å². The van der Waals surface area contributed by atoms with Gasteiger partial charge >= 0.3 is 96.2 Å². The molecule has 1 N–H and O–H groups in total. The molecule has 92 valence electrons. The van der Waals surface area contributed by atoms with Gasteiger partial charge in [-0.05, 0) is 0 Å². The van der Waals surface area contributed by atoms with Crippen LogP contribution in [0.25, 0.3) is 0 Å². The van der Waals surface area contributed by atoms with E-state index in [4.69, 9.17) is 13.6 Å². The molecule has 0 radical (unpaired) electrons. The minimum atomic E-state index is -3.51. The van der Waals surface area contributed by atoms with Gasteiger partial charge in [0.05, 0.1) is 0 Å². The molecule has 1 rings (SSSR count). The molecule has 4 nitrogen and oxygen atoms in total. The summed E-state index contributed by atoms with van der Waals surface area (Å²) >= 11 is 0. The normalized spacial score (nSPS) is 12.5. The molecule has 1 aromatic carbocycles. The molecule has 0 aliphatic heterocycles. The summed E-state index contributed by atoms with van der Waals surface area (Å²) in [5.41, 5.74) is 1.06. The molecule has 0 bridgehead atoms. The van der Waals surface area contributed by atoms with Crippen LogP contribution in [0.15, 0.2) is 24.3 Å². The van der Waals surface area contributed by atoms with E-state index in [1.54, 1.807) is 19.9 Å². The third-order valence-corrected chi connectivity index (χ3v) is 3.69. The Morgan fingerprint density at radius 1 is 1.19 bits per heavy atom. The molecule has 0 spiro atoms. The quantitative estimate of drug-likeness (QED) is 0.784. The Balaban J connectivity index is 2.74. The van der Waals surface area contributed by atoms with Crippen LogP contribution in [0.1, 0.15) is 19.4 Å². The van der Waals surface area contributed by atoms with E-state index in [-0.39, 0.29) is 0 Å². The van der Waals surface area contributed by atoms with Crippen LogP contribution in [0.5, 0.6) is 5.75 Å². The fraction of sp³-hybridized carbons (Fsp3) is 0.455. The first-order valence-electron chi connectivity index (χ1n) is 5.35. The Labute approximate surface area is 96.8 Å². The SMILES string of the molecule is CCO[PH](O)(OCC)Oc1cccc(C)c1. The second kappa shape index (κ2) is 6.16. The van der Waals surface area contributed by atoms with Crippen LogP contribution in [0.3, 0.4) is 0 Å². The predicted molar refractivity (Wildman–Crippen MR) is 65.6 cm³/mol. The van der Waals surface area contributed by atoms with Crippen molar-refractivity contribution in [3.63, 3.8) is 0 Å². The van der Waals surface area contributed by atoms with Gasteiger partial charge < -0.3 is 0 Å². The van der Waals surface area contributed by atoms with Crippen molar-refractivity contribution in [2.24, 2.45) is 0 Å². The Hall–Kier alpha value is -0.670. The summed E-state index contributed by atoms with van der Waals surface area (Å²) in [6, 6.07) is 7.41. The molecular formula is C11H19O4P. The molecule has 1 aromatic rings. The summed E-state index contributed by atoms with van der Waals surface area (Å²) in [4.78, 5) is 10.0. The van der Waals surface area contributed by atoms with E-state index in [9.17, 15) is 4.89 Å². The van der Waals surface area contributed by atoms with Crippen LogP contribution < -0.4 is 4.52 Å². The zero-order chi connectivity index (χ0) is 12.0. The Kier molecular flexibility index (Phi) is 5.16. The van der Waals surface area contributed by atoms with Crippen LogP contribution in [0, 0.1) is 6.92 Å². The number of benzene rings is 1. The second-order valence-electron chi connectivity index (χ2n) is 3.31. The van der Waals surface area contributed by atoms with Crippen molar-refractivity contribution in [3.8, 4) is 5.75 Å². The first kappa shape index (κ1) is 13.4. The first-order chi connectivity index (χ1) is 7.59. The van der Waals surface area contributed by atoms with E-state index in [1.165, 1.54) is 0 Å². The molecule has 0 amide bonds. The van der Waals surface area contributed by atoms with Crippen LogP contribution in [0.4, 0.5) is 0 Å². The summed E-state index contributed by atoms with van der Waals surface area (Å²) < 4.78 is 15.7. The number of hydrogen-bond donors (Lipinski definition) is 1. The molecule has 0 aliphatic rings. The van der Waals surface area contributed by atoms with Crippen molar-refractivity contribution >= 4 is 8.17 Å². The summed E-state index contributed by atoms with van der Waals surface area (Å²) in [5.74, 6) is 0.566. The molecule has 0 aromatic heterocycles. The second-order valence-corrected chi connectivity index (χ2v) is 5.14. The van der Waals surface area contributed by atoms with Crippen molar-refractivity contribution in [3.05, 3.63) is 29.8 Å². The van der Waals surface area contributed by atoms with Crippen LogP contribution >= 0.6 is 8.17 Å². The number of hydrogen-bond acceptors (Lipinski definition) is 4. The fourth-order valence-electron chi connectivity index (χ4n) is 1.29. The van der Waals surface area contributed by atoms with Gasteiger partial charge in [0, 0.05) is 0 Å². The molecule has 0 fully saturated rings. The molecule has 0 heterocycles. The Morgan fingerprint density at radius 3 is 2.31 bits per heavy atom. The molecule has 0 saturated carbocycles. The maximum atomic E-state index is 10.0. The third-order valence-electron chi connectivity index (χ3n) is 1.89. The molecule has 0 atom stereocenters. The average molecular weight is 246 g/mol. The first-order valence-corrected chi connectivity index (χ1v) is 7.02. The number of aryl methyl sites for hydroxylation is 1. The van der Waals surface area contributed by atoms with E-state index in [2.05, 4.69) is 0 Å². The summed E-state index contributed by atoms with van der Waals surface area (Å²) in [5, 5.41) is 0. The third kappa shape index (κ3) is 4.06. The summed E-state index contributed by atoms with van der Waals surface area (Å²) in [6.45, 7) is 6.24. The van der Waals surface area contributed by atoms with Crippen LogP contribution in [-0.4, -0.2) is 18.1 Å². The van der Waals surface area contributed by atoms with Gasteiger partial charge in [-0.1, -0.05) is 0 Å². The van der Waals surface area contributed by atoms with Gasteiger partial charge in [0.15, 0.2) is 0 Å². The van der Waals surface area contributed by atoms with E-state index in [0.717, 1.165) is 5.56 Å². The molecule has 5 heteroatoms. The van der Waals surface area contributed by atoms with Crippen molar-refractivity contribution in [2.45, 2.75) is 20.8 Å². The molecule has 0 aliphatic carbocycles. The molecule has 0 unspecified atom stereocenters. The zero-order valence-electron chi connectivity index (χ0n) is 9.90. The van der Waals surface area contributed by atoms with Gasteiger partial charge in [-0.15, -0.1) is 0 Å². The van der Waals surface area contributed by atoms with E-state index in [1.807, 2.05) is 25.1 Å². The monoisotopic (exact) mass is 246 g/mol. The topological polar surface area (TPSA) is 47.9 Å². The zero-order valence-corrected chi connectivity index (χ0v) is 10.9. The molecular weight excluding hydrogens is 227 g/mol. The minimum absolute atomic E-state index is 0.356. The van der Waals surface area contributed by atoms with Crippen molar-refractivity contribution in [1.82, 2.24) is 0 Å². The maximum absolute atomic E-state index is 10.0. The summed E-state index contributed by atoms with van der Waals surface area (Å²) in [7, 11) is -3.51. The van der Waals surface area contributed by atoms with Gasteiger partial charge in [-0.25, -0.2) is 0 Å². The van der Waals surface area contributed by atoms with E-state index in [0.29, 0.717) is 19.0 Å². The standard InChI is InChI=1S/C11H19O4P/c1-4-13-16(12,14-5-2)15-11-8-6-7-10(3)9-11/h6-9,12,16H,4-5H2,1-3H3. The number of rotatable bonds is 6. The predicted octanol–water partition coefficient (Wildman–Crippen LogP) is 2.85. The summed E-state index contributed by atoms with van der Waals surface area (Å²) in [6.07, 6.45) is 0. The van der Waals surface area contributed by atoms with Crippen LogP contribution in [-0.2, 0) is 9.05 Å². The Morgan fingerprint density at radius 2 is 1.81 bits per heavy atom. The molecule has 0 saturated heterocycles. The van der Waals surface area contributed by atoms with Crippen LogP contribution in [0.2, 0.25) is 0 Å². The fourth-order valence-corrected chi connectivity index (χ4v) is 2.65. The Bertz CT molecular complexity index is 324. The van der Waals surface area contributed by atoms with E-state index >= 15 is 0 Å². The van der Waals surface area contributed by atoms with Gasteiger partial charge in [-0.3, -0.25) is 0 Å².